The number of aromatic nitrogens is 3. The SMILES string of the molecule is c1ncn([C@@H]2C[C@@H]3CNC[C@H]2N3)n1. The van der Waals surface area contributed by atoms with Crippen molar-refractivity contribution in [1.82, 2.24) is 25.4 Å². The molecular weight excluding hydrogens is 166 g/mol. The van der Waals surface area contributed by atoms with Crippen molar-refractivity contribution >= 4 is 0 Å². The van der Waals surface area contributed by atoms with Gasteiger partial charge in [-0.15, -0.1) is 0 Å². The van der Waals surface area contributed by atoms with Crippen LogP contribution in [0.25, 0.3) is 0 Å². The minimum atomic E-state index is 0.488. The van der Waals surface area contributed by atoms with Crippen LogP contribution in [0, 0.1) is 0 Å². The first kappa shape index (κ1) is 7.46. The third kappa shape index (κ3) is 1.15. The minimum Gasteiger partial charge on any atom is -0.314 e. The number of nitrogens with zero attached hydrogens (tertiary/aromatic N) is 3. The topological polar surface area (TPSA) is 54.8 Å². The first-order chi connectivity index (χ1) is 6.43. The van der Waals surface area contributed by atoms with E-state index in [9.17, 15) is 0 Å². The van der Waals surface area contributed by atoms with Crippen LogP contribution in [-0.2, 0) is 0 Å². The Kier molecular flexibility index (Phi) is 1.60. The van der Waals surface area contributed by atoms with Gasteiger partial charge in [0.05, 0.1) is 6.04 Å². The number of rotatable bonds is 1. The Hall–Kier alpha value is -0.940. The number of hydrogen-bond acceptors (Lipinski definition) is 4. The minimum absolute atomic E-state index is 0.488. The summed E-state index contributed by atoms with van der Waals surface area (Å²) in [7, 11) is 0. The normalized spacial score (nSPS) is 38.0. The van der Waals surface area contributed by atoms with Gasteiger partial charge in [0, 0.05) is 25.2 Å². The predicted molar refractivity (Wildman–Crippen MR) is 47.3 cm³/mol. The van der Waals surface area contributed by atoms with Gasteiger partial charge in [0.15, 0.2) is 0 Å². The summed E-state index contributed by atoms with van der Waals surface area (Å²) in [6.07, 6.45) is 4.59. The van der Waals surface area contributed by atoms with E-state index in [0.717, 1.165) is 13.1 Å². The highest BCUT2D eigenvalue weighted by Crippen LogP contribution is 2.26. The summed E-state index contributed by atoms with van der Waals surface area (Å²) < 4.78 is 1.98. The molecule has 5 heteroatoms. The quantitative estimate of drug-likeness (QED) is 0.590. The number of fused-ring (bicyclic) bond motifs is 2. The van der Waals surface area contributed by atoms with Gasteiger partial charge < -0.3 is 10.6 Å². The molecule has 1 aromatic heterocycles. The lowest BCUT2D eigenvalue weighted by atomic mass is 10.1. The van der Waals surface area contributed by atoms with E-state index in [1.54, 1.807) is 6.33 Å². The van der Waals surface area contributed by atoms with Crippen molar-refractivity contribution < 1.29 is 0 Å². The summed E-state index contributed by atoms with van der Waals surface area (Å²) in [5, 5.41) is 11.2. The van der Waals surface area contributed by atoms with Gasteiger partial charge in [-0.3, -0.25) is 0 Å². The van der Waals surface area contributed by atoms with Crippen LogP contribution in [0.5, 0.6) is 0 Å². The van der Waals surface area contributed by atoms with Crippen LogP contribution in [0.2, 0.25) is 0 Å². The van der Waals surface area contributed by atoms with Crippen molar-refractivity contribution in [2.24, 2.45) is 0 Å². The van der Waals surface area contributed by atoms with E-state index in [-0.39, 0.29) is 0 Å². The Morgan fingerprint density at radius 2 is 2.38 bits per heavy atom. The van der Waals surface area contributed by atoms with Gasteiger partial charge in [0.2, 0.25) is 0 Å². The number of nitrogens with one attached hydrogen (secondary N) is 2. The second-order valence-corrected chi connectivity index (χ2v) is 3.81. The van der Waals surface area contributed by atoms with Gasteiger partial charge in [-0.2, -0.15) is 5.10 Å². The zero-order valence-corrected chi connectivity index (χ0v) is 7.35. The molecule has 2 saturated heterocycles. The van der Waals surface area contributed by atoms with Crippen LogP contribution in [-0.4, -0.2) is 39.9 Å². The van der Waals surface area contributed by atoms with Crippen molar-refractivity contribution in [1.29, 1.82) is 0 Å². The largest absolute Gasteiger partial charge is 0.314 e. The van der Waals surface area contributed by atoms with E-state index in [1.165, 1.54) is 6.42 Å². The molecule has 3 rings (SSSR count). The van der Waals surface area contributed by atoms with Gasteiger partial charge in [0.25, 0.3) is 0 Å². The Morgan fingerprint density at radius 3 is 3.15 bits per heavy atom. The second-order valence-electron chi connectivity index (χ2n) is 3.81. The molecule has 2 N–H and O–H groups in total. The molecule has 13 heavy (non-hydrogen) atoms. The maximum Gasteiger partial charge on any atom is 0.137 e. The molecule has 70 valence electrons. The molecule has 0 spiro atoms. The molecule has 2 aliphatic heterocycles. The Bertz CT molecular complexity index is 283. The van der Waals surface area contributed by atoms with Crippen molar-refractivity contribution in [3.05, 3.63) is 12.7 Å². The maximum atomic E-state index is 4.20. The van der Waals surface area contributed by atoms with Gasteiger partial charge in [-0.05, 0) is 6.42 Å². The average Bonchev–Trinajstić information content (AvgIpc) is 2.74. The summed E-state index contributed by atoms with van der Waals surface area (Å²) >= 11 is 0. The van der Waals surface area contributed by atoms with E-state index in [4.69, 9.17) is 0 Å². The van der Waals surface area contributed by atoms with Crippen LogP contribution in [0.1, 0.15) is 12.5 Å². The van der Waals surface area contributed by atoms with Gasteiger partial charge in [-0.25, -0.2) is 9.67 Å². The lowest BCUT2D eigenvalue weighted by molar-refractivity contribution is 0.370. The molecule has 0 amide bonds. The summed E-state index contributed by atoms with van der Waals surface area (Å²) in [5.41, 5.74) is 0. The van der Waals surface area contributed by atoms with E-state index >= 15 is 0 Å². The van der Waals surface area contributed by atoms with Gasteiger partial charge in [-0.1, -0.05) is 0 Å². The monoisotopic (exact) mass is 179 g/mol. The smallest absolute Gasteiger partial charge is 0.137 e. The fraction of sp³-hybridized carbons (Fsp3) is 0.750. The molecule has 1 aromatic rings. The second kappa shape index (κ2) is 2.78. The van der Waals surface area contributed by atoms with E-state index < -0.39 is 0 Å². The third-order valence-electron chi connectivity index (χ3n) is 2.97. The lowest BCUT2D eigenvalue weighted by Gasteiger charge is -2.23. The van der Waals surface area contributed by atoms with E-state index in [2.05, 4.69) is 20.7 Å². The highest BCUT2D eigenvalue weighted by molar-refractivity contribution is 4.99. The molecular formula is C8H13N5. The van der Waals surface area contributed by atoms with Crippen molar-refractivity contribution in [3.63, 3.8) is 0 Å². The fourth-order valence-corrected chi connectivity index (χ4v) is 2.37. The van der Waals surface area contributed by atoms with Crippen LogP contribution in [0.4, 0.5) is 0 Å². The molecule has 3 atom stereocenters. The van der Waals surface area contributed by atoms with Gasteiger partial charge in [0.1, 0.15) is 12.7 Å². The Morgan fingerprint density at radius 1 is 1.38 bits per heavy atom. The van der Waals surface area contributed by atoms with Crippen molar-refractivity contribution in [2.75, 3.05) is 13.1 Å². The number of piperazine rings is 1. The first-order valence-corrected chi connectivity index (χ1v) is 4.74. The fourth-order valence-electron chi connectivity index (χ4n) is 2.37. The average molecular weight is 179 g/mol. The molecule has 2 fully saturated rings. The molecule has 0 aliphatic carbocycles. The van der Waals surface area contributed by atoms with Crippen molar-refractivity contribution in [3.8, 4) is 0 Å². The summed E-state index contributed by atoms with van der Waals surface area (Å²) in [6, 6.07) is 1.64. The Labute approximate surface area is 76.5 Å². The summed E-state index contributed by atoms with van der Waals surface area (Å²) in [5.74, 6) is 0. The van der Waals surface area contributed by atoms with E-state index in [1.807, 2.05) is 11.0 Å². The zero-order chi connectivity index (χ0) is 8.67. The van der Waals surface area contributed by atoms with Crippen LogP contribution in [0.15, 0.2) is 12.7 Å². The van der Waals surface area contributed by atoms with Crippen LogP contribution < -0.4 is 10.6 Å². The predicted octanol–water partition coefficient (Wildman–Crippen LogP) is -0.847. The maximum absolute atomic E-state index is 4.20. The summed E-state index contributed by atoms with van der Waals surface area (Å²) in [6.45, 7) is 2.13. The standard InChI is InChI=1S/C8H13N5/c1-6-2-9-3-7(12-6)8(1)13-5-10-4-11-13/h4-9,12H,1-3H2/t6-,7-,8-/m1/s1. The molecule has 5 nitrogen and oxygen atoms in total. The van der Waals surface area contributed by atoms with Gasteiger partial charge >= 0.3 is 0 Å². The van der Waals surface area contributed by atoms with E-state index in [0.29, 0.717) is 18.1 Å². The zero-order valence-electron chi connectivity index (χ0n) is 7.35. The van der Waals surface area contributed by atoms with Crippen LogP contribution >= 0.6 is 0 Å². The highest BCUT2D eigenvalue weighted by Gasteiger charge is 2.37. The molecule has 0 unspecified atom stereocenters. The first-order valence-electron chi connectivity index (χ1n) is 4.74. The molecule has 2 aliphatic rings. The molecule has 0 aromatic carbocycles. The summed E-state index contributed by atoms with van der Waals surface area (Å²) in [4.78, 5) is 3.98. The highest BCUT2D eigenvalue weighted by atomic mass is 15.4. The molecule has 3 heterocycles. The van der Waals surface area contributed by atoms with Crippen LogP contribution in [0.3, 0.4) is 0 Å². The molecule has 2 bridgehead atoms. The molecule has 0 radical (unpaired) electrons. The number of hydrogen-bond donors (Lipinski definition) is 2. The third-order valence-corrected chi connectivity index (χ3v) is 2.97. The van der Waals surface area contributed by atoms with Crippen molar-refractivity contribution in [2.45, 2.75) is 24.5 Å². The molecule has 0 saturated carbocycles. The Balaban J connectivity index is 1.86. The lowest BCUT2D eigenvalue weighted by Crippen LogP contribution is -2.49.